The predicted octanol–water partition coefficient (Wildman–Crippen LogP) is 1.63. The van der Waals surface area contributed by atoms with Crippen LogP contribution in [0.15, 0.2) is 24.3 Å². The van der Waals surface area contributed by atoms with Crippen LogP contribution in [0.4, 0.5) is 10.5 Å². The number of hydrazine groups is 1. The van der Waals surface area contributed by atoms with Crippen molar-refractivity contribution in [1.82, 2.24) is 10.3 Å². The van der Waals surface area contributed by atoms with Crippen molar-refractivity contribution in [2.45, 2.75) is 45.3 Å². The van der Waals surface area contributed by atoms with Crippen LogP contribution in [-0.2, 0) is 9.53 Å². The summed E-state index contributed by atoms with van der Waals surface area (Å²) in [7, 11) is 0. The highest BCUT2D eigenvalue weighted by atomic mass is 16.6. The second-order valence-electron chi connectivity index (χ2n) is 6.89. The monoisotopic (exact) mass is 348 g/mol. The minimum Gasteiger partial charge on any atom is -0.443 e. The van der Waals surface area contributed by atoms with Gasteiger partial charge in [-0.25, -0.2) is 10.2 Å². The number of benzene rings is 1. The lowest BCUT2D eigenvalue weighted by Crippen LogP contribution is -2.43. The van der Waals surface area contributed by atoms with Crippen LogP contribution in [0, 0.1) is 0 Å². The second-order valence-corrected chi connectivity index (χ2v) is 6.89. The predicted molar refractivity (Wildman–Crippen MR) is 92.7 cm³/mol. The van der Waals surface area contributed by atoms with Gasteiger partial charge < -0.3 is 15.4 Å². The Morgan fingerprint density at radius 1 is 1.28 bits per heavy atom. The molecule has 0 aliphatic carbocycles. The number of anilines is 1. The highest BCUT2D eigenvalue weighted by Crippen LogP contribution is 2.21. The molecular weight excluding hydrogens is 324 g/mol. The maximum absolute atomic E-state index is 12.6. The Balaban J connectivity index is 2.02. The topological polar surface area (TPSA) is 114 Å². The number of amides is 3. The molecule has 0 unspecified atom stereocenters. The number of primary amides is 1. The van der Waals surface area contributed by atoms with Gasteiger partial charge in [-0.3, -0.25) is 15.0 Å². The van der Waals surface area contributed by atoms with Crippen molar-refractivity contribution in [3.8, 4) is 0 Å². The third-order valence-corrected chi connectivity index (χ3v) is 3.66. The number of nitrogens with zero attached hydrogens (tertiary/aromatic N) is 1. The first-order valence-corrected chi connectivity index (χ1v) is 8.13. The van der Waals surface area contributed by atoms with Gasteiger partial charge in [-0.05, 0) is 51.8 Å². The van der Waals surface area contributed by atoms with Crippen molar-refractivity contribution < 1.29 is 19.1 Å². The van der Waals surface area contributed by atoms with Crippen molar-refractivity contribution in [3.05, 3.63) is 29.8 Å². The molecule has 8 heteroatoms. The fourth-order valence-corrected chi connectivity index (χ4v) is 2.63. The van der Waals surface area contributed by atoms with Crippen LogP contribution in [0.25, 0.3) is 0 Å². The lowest BCUT2D eigenvalue weighted by Gasteiger charge is -2.22. The number of carbonyl (C=O) groups excluding carboxylic acids is 3. The smallest absolute Gasteiger partial charge is 0.426 e. The summed E-state index contributed by atoms with van der Waals surface area (Å²) in [6.07, 6.45) is 0.703. The lowest BCUT2D eigenvalue weighted by atomic mass is 10.1. The largest absolute Gasteiger partial charge is 0.443 e. The normalized spacial score (nSPS) is 17.1. The molecule has 0 bridgehead atoms. The van der Waals surface area contributed by atoms with E-state index in [0.29, 0.717) is 24.2 Å². The van der Waals surface area contributed by atoms with E-state index in [1.807, 2.05) is 0 Å². The van der Waals surface area contributed by atoms with E-state index < -0.39 is 23.6 Å². The number of nitrogens with one attached hydrogen (secondary N) is 2. The summed E-state index contributed by atoms with van der Waals surface area (Å²) in [5.41, 5.74) is 10.8. The van der Waals surface area contributed by atoms with E-state index in [1.165, 1.54) is 4.90 Å². The Labute approximate surface area is 146 Å². The van der Waals surface area contributed by atoms with Crippen LogP contribution in [0.1, 0.15) is 44.0 Å². The van der Waals surface area contributed by atoms with Gasteiger partial charge >= 0.3 is 6.09 Å². The highest BCUT2D eigenvalue weighted by Gasteiger charge is 2.33. The van der Waals surface area contributed by atoms with Gasteiger partial charge in [0.05, 0.1) is 5.69 Å². The molecule has 136 valence electrons. The number of rotatable bonds is 4. The third kappa shape index (κ3) is 5.10. The summed E-state index contributed by atoms with van der Waals surface area (Å²) in [4.78, 5) is 37.2. The number of hydrogen-bond donors (Lipinski definition) is 3. The molecule has 4 N–H and O–H groups in total. The fraction of sp³-hybridized carbons (Fsp3) is 0.471. The highest BCUT2D eigenvalue weighted by molar-refractivity contribution is 5.98. The molecule has 1 aromatic carbocycles. The average Bonchev–Trinajstić information content (AvgIpc) is 3.00. The maximum atomic E-state index is 12.6. The second kappa shape index (κ2) is 7.42. The van der Waals surface area contributed by atoms with Gasteiger partial charge in [0.1, 0.15) is 11.6 Å². The molecule has 8 nitrogen and oxygen atoms in total. The van der Waals surface area contributed by atoms with Crippen LogP contribution in [0.2, 0.25) is 0 Å². The number of carbonyl (C=O) groups is 3. The molecule has 1 fully saturated rings. The Morgan fingerprint density at radius 2 is 2.00 bits per heavy atom. The SMILES string of the molecule is CC(C)(C)OC(=O)NNc1cccc(C(=O)N2CCC[C@@H]2C(N)=O)c1. The van der Waals surface area contributed by atoms with Crippen molar-refractivity contribution >= 4 is 23.6 Å². The zero-order valence-electron chi connectivity index (χ0n) is 14.7. The molecule has 1 aliphatic rings. The molecule has 1 saturated heterocycles. The number of ether oxygens (including phenoxy) is 1. The van der Waals surface area contributed by atoms with Gasteiger partial charge in [0, 0.05) is 12.1 Å². The van der Waals surface area contributed by atoms with E-state index in [1.54, 1.807) is 45.0 Å². The first-order valence-electron chi connectivity index (χ1n) is 8.13. The van der Waals surface area contributed by atoms with Crippen molar-refractivity contribution in [1.29, 1.82) is 0 Å². The van der Waals surface area contributed by atoms with Crippen LogP contribution < -0.4 is 16.6 Å². The van der Waals surface area contributed by atoms with Crippen LogP contribution in [0.5, 0.6) is 0 Å². The Morgan fingerprint density at radius 3 is 2.64 bits per heavy atom. The van der Waals surface area contributed by atoms with E-state index in [9.17, 15) is 14.4 Å². The molecule has 1 aliphatic heterocycles. The summed E-state index contributed by atoms with van der Waals surface area (Å²) in [5.74, 6) is -0.756. The van der Waals surface area contributed by atoms with Gasteiger partial charge in [-0.15, -0.1) is 0 Å². The molecule has 2 rings (SSSR count). The van der Waals surface area contributed by atoms with Crippen LogP contribution in [0.3, 0.4) is 0 Å². The summed E-state index contributed by atoms with van der Waals surface area (Å²) in [5, 5.41) is 0. The minimum absolute atomic E-state index is 0.262. The van der Waals surface area contributed by atoms with Crippen LogP contribution >= 0.6 is 0 Å². The Bertz CT molecular complexity index is 669. The molecule has 1 atom stereocenters. The molecule has 0 radical (unpaired) electrons. The van der Waals surface area contributed by atoms with E-state index in [-0.39, 0.29) is 5.91 Å². The van der Waals surface area contributed by atoms with Crippen molar-refractivity contribution in [2.75, 3.05) is 12.0 Å². The zero-order chi connectivity index (χ0) is 18.6. The first-order chi connectivity index (χ1) is 11.7. The number of nitrogens with two attached hydrogens (primary N) is 1. The quantitative estimate of drug-likeness (QED) is 0.716. The first kappa shape index (κ1) is 18.6. The molecule has 0 saturated carbocycles. The fourth-order valence-electron chi connectivity index (χ4n) is 2.63. The van der Waals surface area contributed by atoms with Crippen molar-refractivity contribution in [3.63, 3.8) is 0 Å². The lowest BCUT2D eigenvalue weighted by molar-refractivity contribution is -0.121. The molecule has 0 aromatic heterocycles. The minimum atomic E-state index is -0.627. The summed E-state index contributed by atoms with van der Waals surface area (Å²) in [6, 6.07) is 6.06. The molecule has 3 amide bonds. The Hall–Kier alpha value is -2.77. The van der Waals surface area contributed by atoms with Gasteiger partial charge in [0.25, 0.3) is 5.91 Å². The van der Waals surface area contributed by atoms with Crippen molar-refractivity contribution in [2.24, 2.45) is 5.73 Å². The van der Waals surface area contributed by atoms with Gasteiger partial charge in [0.2, 0.25) is 5.91 Å². The van der Waals surface area contributed by atoms with E-state index in [4.69, 9.17) is 10.5 Å². The van der Waals surface area contributed by atoms with Gasteiger partial charge in [-0.2, -0.15) is 0 Å². The third-order valence-electron chi connectivity index (χ3n) is 3.66. The van der Waals surface area contributed by atoms with E-state index in [0.717, 1.165) is 6.42 Å². The van der Waals surface area contributed by atoms with Gasteiger partial charge in [0.15, 0.2) is 0 Å². The molecule has 1 heterocycles. The summed E-state index contributed by atoms with van der Waals surface area (Å²) >= 11 is 0. The van der Waals surface area contributed by atoms with Crippen LogP contribution in [-0.4, -0.2) is 41.0 Å². The molecular formula is C17H24N4O4. The molecule has 25 heavy (non-hydrogen) atoms. The Kier molecular flexibility index (Phi) is 5.51. The molecule has 0 spiro atoms. The van der Waals surface area contributed by atoms with E-state index >= 15 is 0 Å². The average molecular weight is 348 g/mol. The number of likely N-dealkylation sites (tertiary alicyclic amines) is 1. The maximum Gasteiger partial charge on any atom is 0.426 e. The molecule has 1 aromatic rings. The van der Waals surface area contributed by atoms with Gasteiger partial charge in [-0.1, -0.05) is 6.07 Å². The summed E-state index contributed by atoms with van der Waals surface area (Å²) in [6.45, 7) is 5.78. The zero-order valence-corrected chi connectivity index (χ0v) is 14.7. The summed E-state index contributed by atoms with van der Waals surface area (Å²) < 4.78 is 5.12. The van der Waals surface area contributed by atoms with E-state index in [2.05, 4.69) is 10.9 Å². The number of hydrogen-bond acceptors (Lipinski definition) is 5. The standard InChI is InChI=1S/C17H24N4O4/c1-17(2,3)25-16(24)20-19-12-7-4-6-11(10-12)15(23)21-9-5-8-13(21)14(18)22/h4,6-7,10,13,19H,5,8-9H2,1-3H3,(H2,18,22)(H,20,24)/t13-/m1/s1.